The van der Waals surface area contributed by atoms with Crippen molar-refractivity contribution in [2.24, 2.45) is 5.92 Å². The highest BCUT2D eigenvalue weighted by molar-refractivity contribution is 5.34. The molecule has 2 aromatic heterocycles. The molecule has 176 valence electrons. The fourth-order valence-corrected chi connectivity index (χ4v) is 3.89. The molecule has 8 heteroatoms. The number of unbranched alkanes of at least 4 members (excludes halogenated alkanes) is 1. The van der Waals surface area contributed by atoms with Gasteiger partial charge in [0.05, 0.1) is 25.0 Å². The van der Waals surface area contributed by atoms with Crippen molar-refractivity contribution in [3.05, 3.63) is 75.7 Å². The molecule has 1 atom stereocenters. The van der Waals surface area contributed by atoms with Gasteiger partial charge in [0.25, 0.3) is 0 Å². The summed E-state index contributed by atoms with van der Waals surface area (Å²) in [4.78, 5) is 13.9. The van der Waals surface area contributed by atoms with Gasteiger partial charge in [-0.15, -0.1) is 5.10 Å². The lowest BCUT2D eigenvalue weighted by molar-refractivity contribution is 0.00941. The molecule has 0 spiro atoms. The maximum Gasteiger partial charge on any atom is 0.247 e. The Bertz CT molecular complexity index is 1100. The summed E-state index contributed by atoms with van der Waals surface area (Å²) in [7, 11) is 0. The van der Waals surface area contributed by atoms with E-state index in [0.29, 0.717) is 24.5 Å². The molecule has 0 saturated heterocycles. The zero-order valence-corrected chi connectivity index (χ0v) is 19.0. The van der Waals surface area contributed by atoms with E-state index in [0.717, 1.165) is 49.8 Å². The number of hydrogen-bond acceptors (Lipinski definition) is 5. The number of benzene rings is 1. The van der Waals surface area contributed by atoms with Gasteiger partial charge >= 0.3 is 0 Å². The largest absolute Gasteiger partial charge is 0.490 e. The fraction of sp³-hybridized carbons (Fsp3) is 0.480. The van der Waals surface area contributed by atoms with E-state index in [2.05, 4.69) is 15.3 Å². The number of aliphatic hydroxyl groups is 1. The molecule has 0 radical (unpaired) electrons. The fourth-order valence-electron chi connectivity index (χ4n) is 3.89. The van der Waals surface area contributed by atoms with Gasteiger partial charge in [0, 0.05) is 12.3 Å². The normalized spacial score (nSPS) is 15.4. The summed E-state index contributed by atoms with van der Waals surface area (Å²) in [5.41, 5.74) is 1.33. The van der Waals surface area contributed by atoms with Crippen LogP contribution in [-0.4, -0.2) is 31.7 Å². The minimum absolute atomic E-state index is 0.0973. The molecule has 3 aromatic rings. The molecule has 1 fully saturated rings. The zero-order valence-electron chi connectivity index (χ0n) is 19.0. The quantitative estimate of drug-likeness (QED) is 0.407. The monoisotopic (exact) mass is 454 g/mol. The summed E-state index contributed by atoms with van der Waals surface area (Å²) < 4.78 is 21.6. The van der Waals surface area contributed by atoms with Crippen LogP contribution >= 0.6 is 0 Å². The van der Waals surface area contributed by atoms with E-state index in [-0.39, 0.29) is 17.9 Å². The molecule has 33 heavy (non-hydrogen) atoms. The number of rotatable bonds is 12. The Hall–Kier alpha value is -3.00. The average Bonchev–Trinajstić information content (AvgIpc) is 3.55. The molecule has 0 amide bonds. The molecule has 2 N–H and O–H groups in total. The molecule has 0 bridgehead atoms. The van der Waals surface area contributed by atoms with E-state index in [1.165, 1.54) is 12.1 Å². The molecular formula is C25H31FN4O3. The van der Waals surface area contributed by atoms with Crippen LogP contribution in [0, 0.1) is 11.7 Å². The third-order valence-corrected chi connectivity index (χ3v) is 6.33. The van der Waals surface area contributed by atoms with E-state index < -0.39 is 11.4 Å². The van der Waals surface area contributed by atoms with Crippen molar-refractivity contribution in [2.75, 3.05) is 6.61 Å². The number of aryl methyl sites for hydroxylation is 2. The molecular weight excluding hydrogens is 423 g/mol. The van der Waals surface area contributed by atoms with E-state index >= 15 is 0 Å². The van der Waals surface area contributed by atoms with Crippen molar-refractivity contribution >= 4 is 0 Å². The molecule has 1 saturated carbocycles. The van der Waals surface area contributed by atoms with Gasteiger partial charge in [-0.25, -0.2) is 9.07 Å². The van der Waals surface area contributed by atoms with Gasteiger partial charge in [-0.05, 0) is 74.1 Å². The van der Waals surface area contributed by atoms with Crippen molar-refractivity contribution in [3.63, 3.8) is 0 Å². The third kappa shape index (κ3) is 6.07. The second-order valence-corrected chi connectivity index (χ2v) is 8.94. The molecule has 1 aliphatic rings. The number of hydrogen-bond donors (Lipinski definition) is 2. The first-order valence-electron chi connectivity index (χ1n) is 11.7. The van der Waals surface area contributed by atoms with Gasteiger partial charge < -0.3 is 14.8 Å². The first-order valence-corrected chi connectivity index (χ1v) is 11.7. The van der Waals surface area contributed by atoms with E-state index in [9.17, 15) is 14.3 Å². The molecule has 1 aromatic carbocycles. The lowest BCUT2D eigenvalue weighted by Crippen LogP contribution is -2.32. The smallest absolute Gasteiger partial charge is 0.247 e. The van der Waals surface area contributed by atoms with Crippen LogP contribution in [0.3, 0.4) is 0 Å². The Balaban J connectivity index is 1.38. The van der Waals surface area contributed by atoms with Crippen LogP contribution < -0.4 is 10.3 Å². The topological polar surface area (TPSA) is 93.0 Å². The van der Waals surface area contributed by atoms with Crippen molar-refractivity contribution in [1.82, 2.24) is 20.0 Å². The number of ether oxygens (including phenoxy) is 1. The van der Waals surface area contributed by atoms with Crippen molar-refractivity contribution < 1.29 is 14.2 Å². The third-order valence-electron chi connectivity index (χ3n) is 6.33. The Labute approximate surface area is 192 Å². The molecule has 0 aliphatic heterocycles. The number of aromatic amines is 1. The number of nitrogens with zero attached hydrogens (tertiary/aromatic N) is 3. The molecule has 0 unspecified atom stereocenters. The number of halogens is 1. The van der Waals surface area contributed by atoms with Crippen LogP contribution in [0.15, 0.2) is 47.5 Å². The highest BCUT2D eigenvalue weighted by Crippen LogP contribution is 2.33. The Morgan fingerprint density at radius 3 is 2.79 bits per heavy atom. The molecule has 1 aliphatic carbocycles. The first-order chi connectivity index (χ1) is 16.0. The highest BCUT2D eigenvalue weighted by Gasteiger charge is 2.31. The SMILES string of the molecule is CC[C@@](O)(Cn1nncc1CCCCc1ccc(=O)[nH]c1)c1ccc(F)c(OCC2CC2)c1. The number of nitrogens with one attached hydrogen (secondary N) is 1. The second-order valence-electron chi connectivity index (χ2n) is 8.94. The van der Waals surface area contributed by atoms with Gasteiger partial charge in [-0.3, -0.25) is 4.79 Å². The van der Waals surface area contributed by atoms with Gasteiger partial charge in [-0.2, -0.15) is 0 Å². The van der Waals surface area contributed by atoms with Crippen LogP contribution in [0.5, 0.6) is 5.75 Å². The van der Waals surface area contributed by atoms with E-state index in [1.54, 1.807) is 29.2 Å². The summed E-state index contributed by atoms with van der Waals surface area (Å²) in [5, 5.41) is 19.7. The van der Waals surface area contributed by atoms with Gasteiger partial charge in [0.1, 0.15) is 5.60 Å². The standard InChI is InChI=1S/C25H31FN4O3/c1-2-25(32,20-10-11-22(26)23(13-20)33-16-19-7-8-19)17-30-21(15-28-29-30)6-4-3-5-18-9-12-24(31)27-14-18/h9-15,19,32H,2-8,16-17H2,1H3,(H,27,31)/t25-/m1/s1. The Kier molecular flexibility index (Phi) is 7.23. The molecule has 2 heterocycles. The van der Waals surface area contributed by atoms with Crippen LogP contribution in [0.4, 0.5) is 4.39 Å². The van der Waals surface area contributed by atoms with E-state index in [1.807, 2.05) is 13.0 Å². The summed E-state index contributed by atoms with van der Waals surface area (Å²) in [6.45, 7) is 2.64. The maximum atomic E-state index is 14.2. The van der Waals surface area contributed by atoms with Gasteiger partial charge in [-0.1, -0.05) is 24.3 Å². The Morgan fingerprint density at radius 2 is 2.06 bits per heavy atom. The van der Waals surface area contributed by atoms with Gasteiger partial charge in [0.15, 0.2) is 11.6 Å². The first kappa shape index (κ1) is 23.2. The minimum atomic E-state index is -1.22. The zero-order chi connectivity index (χ0) is 23.3. The van der Waals surface area contributed by atoms with Crippen LogP contribution in [0.25, 0.3) is 0 Å². The van der Waals surface area contributed by atoms with Gasteiger partial charge in [0.2, 0.25) is 5.56 Å². The lowest BCUT2D eigenvalue weighted by Gasteiger charge is -2.28. The average molecular weight is 455 g/mol. The summed E-state index contributed by atoms with van der Waals surface area (Å²) in [6, 6.07) is 7.97. The molecule has 7 nitrogen and oxygen atoms in total. The number of pyridine rings is 1. The highest BCUT2D eigenvalue weighted by atomic mass is 19.1. The second kappa shape index (κ2) is 10.3. The van der Waals surface area contributed by atoms with Crippen LogP contribution in [0.1, 0.15) is 55.8 Å². The minimum Gasteiger partial charge on any atom is -0.490 e. The van der Waals surface area contributed by atoms with Crippen molar-refractivity contribution in [1.29, 1.82) is 0 Å². The van der Waals surface area contributed by atoms with Crippen molar-refractivity contribution in [3.8, 4) is 5.75 Å². The van der Waals surface area contributed by atoms with Crippen LogP contribution in [0.2, 0.25) is 0 Å². The summed E-state index contributed by atoms with van der Waals surface area (Å²) in [6.07, 6.45) is 9.69. The summed E-state index contributed by atoms with van der Waals surface area (Å²) >= 11 is 0. The lowest BCUT2D eigenvalue weighted by atomic mass is 9.90. The Morgan fingerprint density at radius 1 is 1.24 bits per heavy atom. The van der Waals surface area contributed by atoms with Crippen molar-refractivity contribution in [2.45, 2.75) is 64.0 Å². The predicted octanol–water partition coefficient (Wildman–Crippen LogP) is 3.76. The maximum absolute atomic E-state index is 14.2. The molecule has 4 rings (SSSR count). The van der Waals surface area contributed by atoms with Crippen LogP contribution in [-0.2, 0) is 25.0 Å². The number of H-pyrrole nitrogens is 1. The predicted molar refractivity (Wildman–Crippen MR) is 123 cm³/mol. The summed E-state index contributed by atoms with van der Waals surface area (Å²) in [5.74, 6) is 0.286. The number of aromatic nitrogens is 4. The van der Waals surface area contributed by atoms with E-state index in [4.69, 9.17) is 4.74 Å².